The summed E-state index contributed by atoms with van der Waals surface area (Å²) in [5.41, 5.74) is 12.5. The summed E-state index contributed by atoms with van der Waals surface area (Å²) in [5.74, 6) is 0.405. The molecule has 0 bridgehead atoms. The molecule has 0 aromatic heterocycles. The number of hydrogen-bond donors (Lipinski definition) is 3. The highest BCUT2D eigenvalue weighted by atomic mass is 79.9. The SMILES string of the molecule is C=CN/C(N)=C(/C)C/C(N)=C/S(=O)(=O)c1ccc(Br)cc1. The van der Waals surface area contributed by atoms with Crippen LogP contribution in [0.3, 0.4) is 0 Å². The van der Waals surface area contributed by atoms with Crippen LogP contribution in [0, 0.1) is 0 Å². The quantitative estimate of drug-likeness (QED) is 0.712. The minimum absolute atomic E-state index is 0.187. The van der Waals surface area contributed by atoms with Crippen LogP contribution in [0.15, 0.2) is 68.9 Å². The fourth-order valence-electron chi connectivity index (χ4n) is 1.57. The molecule has 0 spiro atoms. The van der Waals surface area contributed by atoms with E-state index in [1.807, 2.05) is 0 Å². The Labute approximate surface area is 133 Å². The number of sulfone groups is 1. The summed E-state index contributed by atoms with van der Waals surface area (Å²) in [4.78, 5) is 0.187. The number of benzene rings is 1. The normalized spacial score (nSPS) is 13.5. The number of halogens is 1. The third kappa shape index (κ3) is 5.28. The zero-order chi connectivity index (χ0) is 16.0. The van der Waals surface area contributed by atoms with Gasteiger partial charge in [-0.1, -0.05) is 22.5 Å². The van der Waals surface area contributed by atoms with Crippen molar-refractivity contribution in [2.75, 3.05) is 0 Å². The molecule has 0 saturated heterocycles. The first-order valence-corrected chi connectivity index (χ1v) is 8.39. The van der Waals surface area contributed by atoms with Crippen LogP contribution in [0.2, 0.25) is 0 Å². The second-order valence-electron chi connectivity index (χ2n) is 4.41. The number of nitrogens with two attached hydrogens (primary N) is 2. The highest BCUT2D eigenvalue weighted by Crippen LogP contribution is 2.18. The van der Waals surface area contributed by atoms with Gasteiger partial charge in [-0.2, -0.15) is 0 Å². The minimum Gasteiger partial charge on any atom is -0.401 e. The molecule has 1 aromatic carbocycles. The Morgan fingerprint density at radius 2 is 1.90 bits per heavy atom. The van der Waals surface area contributed by atoms with E-state index < -0.39 is 9.84 Å². The Morgan fingerprint density at radius 1 is 1.33 bits per heavy atom. The van der Waals surface area contributed by atoms with Crippen molar-refractivity contribution in [3.05, 3.63) is 64.0 Å². The Hall–Kier alpha value is -1.73. The van der Waals surface area contributed by atoms with Crippen LogP contribution in [0.4, 0.5) is 0 Å². The summed E-state index contributed by atoms with van der Waals surface area (Å²) in [6.45, 7) is 5.26. The maximum absolute atomic E-state index is 12.2. The van der Waals surface area contributed by atoms with Crippen LogP contribution < -0.4 is 16.8 Å². The molecule has 0 aliphatic carbocycles. The molecule has 0 fully saturated rings. The van der Waals surface area contributed by atoms with E-state index in [1.54, 1.807) is 19.1 Å². The van der Waals surface area contributed by atoms with Gasteiger partial charge in [-0.05, 0) is 43.0 Å². The van der Waals surface area contributed by atoms with Crippen LogP contribution in [-0.4, -0.2) is 8.42 Å². The summed E-state index contributed by atoms with van der Waals surface area (Å²) in [5, 5.41) is 3.79. The smallest absolute Gasteiger partial charge is 0.201 e. The molecule has 7 heteroatoms. The van der Waals surface area contributed by atoms with E-state index in [9.17, 15) is 8.42 Å². The zero-order valence-corrected chi connectivity index (χ0v) is 14.0. The van der Waals surface area contributed by atoms with Gasteiger partial charge in [0.15, 0.2) is 0 Å². The van der Waals surface area contributed by atoms with Gasteiger partial charge in [-0.3, -0.25) is 0 Å². The number of nitrogens with one attached hydrogen (secondary N) is 1. The topological polar surface area (TPSA) is 98.2 Å². The van der Waals surface area contributed by atoms with Crippen molar-refractivity contribution in [3.8, 4) is 0 Å². The first kappa shape index (κ1) is 17.3. The third-order valence-corrected chi connectivity index (χ3v) is 4.71. The van der Waals surface area contributed by atoms with Crippen LogP contribution in [0.25, 0.3) is 0 Å². The lowest BCUT2D eigenvalue weighted by atomic mass is 10.2. The molecule has 0 atom stereocenters. The van der Waals surface area contributed by atoms with Crippen LogP contribution in [0.5, 0.6) is 0 Å². The summed E-state index contributed by atoms with van der Waals surface area (Å²) in [7, 11) is -3.57. The number of hydrogen-bond acceptors (Lipinski definition) is 5. The lowest BCUT2D eigenvalue weighted by molar-refractivity contribution is 0.604. The first-order valence-electron chi connectivity index (χ1n) is 6.05. The Balaban J connectivity index is 2.98. The molecule has 114 valence electrons. The molecule has 5 nitrogen and oxygen atoms in total. The molecule has 0 aliphatic rings. The largest absolute Gasteiger partial charge is 0.401 e. The molecule has 5 N–H and O–H groups in total. The molecule has 0 heterocycles. The van der Waals surface area contributed by atoms with E-state index in [0.717, 1.165) is 15.5 Å². The van der Waals surface area contributed by atoms with Crippen molar-refractivity contribution < 1.29 is 8.42 Å². The number of allylic oxidation sites excluding steroid dienone is 1. The molecule has 0 radical (unpaired) electrons. The molecule has 1 rings (SSSR count). The second kappa shape index (κ2) is 7.33. The van der Waals surface area contributed by atoms with E-state index >= 15 is 0 Å². The van der Waals surface area contributed by atoms with Crippen molar-refractivity contribution in [2.24, 2.45) is 11.5 Å². The van der Waals surface area contributed by atoms with Crippen molar-refractivity contribution in [1.82, 2.24) is 5.32 Å². The lowest BCUT2D eigenvalue weighted by Crippen LogP contribution is -2.16. The molecular formula is C14H18BrN3O2S. The van der Waals surface area contributed by atoms with Gasteiger partial charge < -0.3 is 16.8 Å². The van der Waals surface area contributed by atoms with Crippen LogP contribution >= 0.6 is 15.9 Å². The average molecular weight is 372 g/mol. The highest BCUT2D eigenvalue weighted by Gasteiger charge is 2.12. The molecule has 0 unspecified atom stereocenters. The van der Waals surface area contributed by atoms with Gasteiger partial charge in [0, 0.05) is 16.6 Å². The molecular weight excluding hydrogens is 354 g/mol. The summed E-state index contributed by atoms with van der Waals surface area (Å²) in [6.07, 6.45) is 1.69. The zero-order valence-electron chi connectivity index (χ0n) is 11.6. The first-order chi connectivity index (χ1) is 9.76. The van der Waals surface area contributed by atoms with Crippen molar-refractivity contribution >= 4 is 25.8 Å². The Morgan fingerprint density at radius 3 is 2.43 bits per heavy atom. The van der Waals surface area contributed by atoms with Gasteiger partial charge in [0.2, 0.25) is 9.84 Å². The second-order valence-corrected chi connectivity index (χ2v) is 7.12. The van der Waals surface area contributed by atoms with Gasteiger partial charge in [0.25, 0.3) is 0 Å². The van der Waals surface area contributed by atoms with E-state index in [4.69, 9.17) is 11.5 Å². The van der Waals surface area contributed by atoms with E-state index in [-0.39, 0.29) is 17.0 Å². The monoisotopic (exact) mass is 371 g/mol. The van der Waals surface area contributed by atoms with E-state index in [0.29, 0.717) is 5.82 Å². The van der Waals surface area contributed by atoms with E-state index in [1.165, 1.54) is 18.3 Å². The van der Waals surface area contributed by atoms with Gasteiger partial charge in [0.1, 0.15) is 0 Å². The fourth-order valence-corrected chi connectivity index (χ4v) is 2.97. The molecule has 1 aromatic rings. The Bertz CT molecular complexity index is 677. The molecule has 0 aliphatic heterocycles. The predicted molar refractivity (Wildman–Crippen MR) is 88.4 cm³/mol. The minimum atomic E-state index is -3.57. The van der Waals surface area contributed by atoms with Gasteiger partial charge >= 0.3 is 0 Å². The molecule has 0 saturated carbocycles. The standard InChI is InChI=1S/C14H18BrN3O2S/c1-3-18-14(17)10(2)8-12(16)9-21(19,20)13-6-4-11(15)5-7-13/h3-7,9,18H,1,8,16-17H2,2H3/b12-9-,14-10-. The predicted octanol–water partition coefficient (Wildman–Crippen LogP) is 2.34. The molecule has 0 amide bonds. The highest BCUT2D eigenvalue weighted by molar-refractivity contribution is 9.10. The summed E-state index contributed by atoms with van der Waals surface area (Å²) >= 11 is 3.26. The van der Waals surface area contributed by atoms with Gasteiger partial charge in [-0.15, -0.1) is 0 Å². The van der Waals surface area contributed by atoms with Crippen molar-refractivity contribution in [1.29, 1.82) is 0 Å². The fraction of sp³-hybridized carbons (Fsp3) is 0.143. The van der Waals surface area contributed by atoms with Crippen molar-refractivity contribution in [3.63, 3.8) is 0 Å². The van der Waals surface area contributed by atoms with Crippen LogP contribution in [-0.2, 0) is 9.84 Å². The van der Waals surface area contributed by atoms with Crippen molar-refractivity contribution in [2.45, 2.75) is 18.2 Å². The van der Waals surface area contributed by atoms with E-state index in [2.05, 4.69) is 27.8 Å². The van der Waals surface area contributed by atoms with Crippen LogP contribution in [0.1, 0.15) is 13.3 Å². The maximum Gasteiger partial charge on any atom is 0.201 e. The third-order valence-electron chi connectivity index (χ3n) is 2.64. The summed E-state index contributed by atoms with van der Waals surface area (Å²) in [6, 6.07) is 6.35. The Kier molecular flexibility index (Phi) is 6.04. The molecule has 21 heavy (non-hydrogen) atoms. The van der Waals surface area contributed by atoms with Gasteiger partial charge in [0.05, 0.1) is 16.1 Å². The average Bonchev–Trinajstić information content (AvgIpc) is 2.38. The van der Waals surface area contributed by atoms with Gasteiger partial charge in [-0.25, -0.2) is 8.42 Å². The summed E-state index contributed by atoms with van der Waals surface area (Å²) < 4.78 is 25.2. The maximum atomic E-state index is 12.2. The number of rotatable bonds is 6. The lowest BCUT2D eigenvalue weighted by Gasteiger charge is -2.08.